The number of nitrogens with two attached hydrogens (primary N) is 1. The lowest BCUT2D eigenvalue weighted by molar-refractivity contribution is -0.106. The SMILES string of the molecule is CC.Cc1ccc2c(c1)nc(-c1ccccc1)c1nc(NC3CC3)ncc12.NC=O. The molecule has 4 aromatic rings. The minimum Gasteiger partial charge on any atom is -0.372 e. The molecule has 0 unspecified atom stereocenters. The highest BCUT2D eigenvalue weighted by Gasteiger charge is 2.22. The molecule has 0 saturated heterocycles. The number of nitrogens with zero attached hydrogens (tertiary/aromatic N) is 3. The van der Waals surface area contributed by atoms with E-state index in [1.54, 1.807) is 0 Å². The quantitative estimate of drug-likeness (QED) is 0.378. The Morgan fingerprint density at radius 1 is 1.03 bits per heavy atom. The van der Waals surface area contributed by atoms with Crippen LogP contribution in [0.15, 0.2) is 54.7 Å². The van der Waals surface area contributed by atoms with E-state index in [1.807, 2.05) is 38.2 Å². The number of aryl methyl sites for hydroxylation is 1. The van der Waals surface area contributed by atoms with Crippen molar-refractivity contribution in [2.45, 2.75) is 39.7 Å². The largest absolute Gasteiger partial charge is 0.372 e. The fraction of sp³-hybridized carbons (Fsp3) is 0.250. The molecule has 154 valence electrons. The van der Waals surface area contributed by atoms with Crippen molar-refractivity contribution in [1.29, 1.82) is 0 Å². The summed E-state index contributed by atoms with van der Waals surface area (Å²) in [5, 5.41) is 5.54. The Morgan fingerprint density at radius 3 is 2.40 bits per heavy atom. The molecule has 2 heterocycles. The molecule has 0 aliphatic heterocycles. The molecule has 6 nitrogen and oxygen atoms in total. The minimum absolute atomic E-state index is 0.250. The third kappa shape index (κ3) is 4.71. The zero-order valence-electron chi connectivity index (χ0n) is 17.6. The Balaban J connectivity index is 0.000000473. The lowest BCUT2D eigenvalue weighted by Gasteiger charge is -2.11. The van der Waals surface area contributed by atoms with Crippen LogP contribution in [0.2, 0.25) is 0 Å². The smallest absolute Gasteiger partial charge is 0.223 e. The molecule has 1 aliphatic rings. The van der Waals surface area contributed by atoms with E-state index in [4.69, 9.17) is 14.8 Å². The third-order valence-electron chi connectivity index (χ3n) is 4.65. The van der Waals surface area contributed by atoms with Crippen LogP contribution in [-0.2, 0) is 4.79 Å². The van der Waals surface area contributed by atoms with Gasteiger partial charge in [-0.05, 0) is 31.4 Å². The van der Waals surface area contributed by atoms with E-state index in [2.05, 4.69) is 53.3 Å². The van der Waals surface area contributed by atoms with Crippen LogP contribution >= 0.6 is 0 Å². The molecule has 1 saturated carbocycles. The fourth-order valence-corrected chi connectivity index (χ4v) is 3.17. The fourth-order valence-electron chi connectivity index (χ4n) is 3.17. The van der Waals surface area contributed by atoms with Crippen molar-refractivity contribution in [3.63, 3.8) is 0 Å². The van der Waals surface area contributed by atoms with Crippen LogP contribution in [-0.4, -0.2) is 27.4 Å². The van der Waals surface area contributed by atoms with Crippen molar-refractivity contribution in [2.75, 3.05) is 5.32 Å². The molecular formula is C24H27N5O. The Bertz CT molecular complexity index is 1140. The molecule has 1 fully saturated rings. The molecule has 0 radical (unpaired) electrons. The average Bonchev–Trinajstić information content (AvgIpc) is 3.59. The predicted octanol–water partition coefficient (Wildman–Crippen LogP) is 4.86. The Labute approximate surface area is 176 Å². The molecule has 2 aromatic heterocycles. The van der Waals surface area contributed by atoms with Crippen LogP contribution in [0.4, 0.5) is 5.95 Å². The van der Waals surface area contributed by atoms with E-state index in [0.29, 0.717) is 12.0 Å². The first-order chi connectivity index (χ1) is 14.7. The van der Waals surface area contributed by atoms with Gasteiger partial charge in [0.15, 0.2) is 0 Å². The molecule has 0 bridgehead atoms. The van der Waals surface area contributed by atoms with Gasteiger partial charge in [-0.1, -0.05) is 56.3 Å². The van der Waals surface area contributed by atoms with Crippen molar-refractivity contribution in [2.24, 2.45) is 5.73 Å². The number of nitrogens with one attached hydrogen (secondary N) is 1. The molecule has 3 N–H and O–H groups in total. The number of amides is 1. The highest BCUT2D eigenvalue weighted by molar-refractivity contribution is 6.09. The standard InChI is InChI=1S/C21H18N4.C2H6.CH3NO/c1-13-7-10-16-17-12-22-21(23-15-8-9-15)25-20(17)19(24-18(16)11-13)14-5-3-2-4-6-14;1-2;2-1-3/h2-7,10-12,15H,8-9H2,1H3,(H,22,23,25);1-2H3;1H,(H2,2,3). The second-order valence-corrected chi connectivity index (χ2v) is 6.86. The summed E-state index contributed by atoms with van der Waals surface area (Å²) >= 11 is 0. The van der Waals surface area contributed by atoms with Gasteiger partial charge in [0.05, 0.1) is 11.2 Å². The topological polar surface area (TPSA) is 93.8 Å². The van der Waals surface area contributed by atoms with Gasteiger partial charge in [0.25, 0.3) is 0 Å². The van der Waals surface area contributed by atoms with Crippen LogP contribution in [0.1, 0.15) is 32.3 Å². The number of carbonyl (C=O) groups excluding carboxylic acids is 1. The van der Waals surface area contributed by atoms with Crippen LogP contribution in [0.25, 0.3) is 33.1 Å². The lowest BCUT2D eigenvalue weighted by Crippen LogP contribution is -2.06. The maximum absolute atomic E-state index is 8.58. The van der Waals surface area contributed by atoms with Gasteiger partial charge in [-0.2, -0.15) is 0 Å². The zero-order valence-corrected chi connectivity index (χ0v) is 17.6. The van der Waals surface area contributed by atoms with E-state index < -0.39 is 0 Å². The van der Waals surface area contributed by atoms with Gasteiger partial charge >= 0.3 is 0 Å². The minimum atomic E-state index is 0.250. The van der Waals surface area contributed by atoms with Gasteiger partial charge in [0.2, 0.25) is 12.4 Å². The maximum atomic E-state index is 8.58. The Morgan fingerprint density at radius 2 is 1.73 bits per heavy atom. The normalized spacial score (nSPS) is 12.4. The summed E-state index contributed by atoms with van der Waals surface area (Å²) < 4.78 is 0. The van der Waals surface area contributed by atoms with Crippen molar-refractivity contribution in [3.05, 3.63) is 60.3 Å². The number of rotatable bonds is 3. The first kappa shape index (κ1) is 21.2. The summed E-state index contributed by atoms with van der Waals surface area (Å²) in [4.78, 5) is 22.9. The molecule has 30 heavy (non-hydrogen) atoms. The number of benzene rings is 2. The second-order valence-electron chi connectivity index (χ2n) is 6.86. The predicted molar refractivity (Wildman–Crippen MR) is 123 cm³/mol. The Kier molecular flexibility index (Phi) is 6.91. The molecule has 6 heteroatoms. The first-order valence-electron chi connectivity index (χ1n) is 10.2. The molecule has 0 spiro atoms. The molecule has 5 rings (SSSR count). The molecular weight excluding hydrogens is 374 g/mol. The number of primary amides is 1. The van der Waals surface area contributed by atoms with E-state index in [-0.39, 0.29) is 6.41 Å². The van der Waals surface area contributed by atoms with Crippen molar-refractivity contribution < 1.29 is 4.79 Å². The second kappa shape index (κ2) is 9.78. The van der Waals surface area contributed by atoms with E-state index in [0.717, 1.165) is 33.1 Å². The highest BCUT2D eigenvalue weighted by atomic mass is 16.1. The summed E-state index contributed by atoms with van der Waals surface area (Å²) in [7, 11) is 0. The monoisotopic (exact) mass is 401 g/mol. The number of hydrogen-bond acceptors (Lipinski definition) is 5. The summed E-state index contributed by atoms with van der Waals surface area (Å²) in [6.45, 7) is 6.09. The molecule has 2 aromatic carbocycles. The number of pyridine rings is 1. The van der Waals surface area contributed by atoms with Crippen LogP contribution in [0.5, 0.6) is 0 Å². The van der Waals surface area contributed by atoms with Gasteiger partial charge in [-0.25, -0.2) is 15.0 Å². The van der Waals surface area contributed by atoms with Gasteiger partial charge in [0, 0.05) is 28.6 Å². The van der Waals surface area contributed by atoms with Crippen molar-refractivity contribution >= 4 is 34.2 Å². The third-order valence-corrected chi connectivity index (χ3v) is 4.65. The first-order valence-corrected chi connectivity index (χ1v) is 10.2. The maximum Gasteiger partial charge on any atom is 0.223 e. The van der Waals surface area contributed by atoms with E-state index >= 15 is 0 Å². The summed E-state index contributed by atoms with van der Waals surface area (Å²) in [5.74, 6) is 0.695. The number of hydrogen-bond donors (Lipinski definition) is 2. The molecule has 0 atom stereocenters. The molecule has 1 aliphatic carbocycles. The lowest BCUT2D eigenvalue weighted by atomic mass is 10.0. The van der Waals surface area contributed by atoms with Crippen LogP contribution in [0.3, 0.4) is 0 Å². The van der Waals surface area contributed by atoms with Crippen LogP contribution in [0, 0.1) is 6.92 Å². The number of fused-ring (bicyclic) bond motifs is 3. The number of anilines is 1. The molecule has 1 amide bonds. The summed E-state index contributed by atoms with van der Waals surface area (Å²) in [5.41, 5.74) is 9.24. The van der Waals surface area contributed by atoms with Gasteiger partial charge in [-0.15, -0.1) is 0 Å². The average molecular weight is 402 g/mol. The number of aromatic nitrogens is 3. The van der Waals surface area contributed by atoms with Crippen molar-refractivity contribution in [1.82, 2.24) is 15.0 Å². The van der Waals surface area contributed by atoms with Gasteiger partial charge in [0.1, 0.15) is 5.52 Å². The summed E-state index contributed by atoms with van der Waals surface area (Å²) in [6, 6.07) is 17.1. The van der Waals surface area contributed by atoms with Gasteiger partial charge in [-0.3, -0.25) is 4.79 Å². The van der Waals surface area contributed by atoms with E-state index in [1.165, 1.54) is 18.4 Å². The Hall–Kier alpha value is -3.54. The van der Waals surface area contributed by atoms with Gasteiger partial charge < -0.3 is 11.1 Å². The highest BCUT2D eigenvalue weighted by Crippen LogP contribution is 2.32. The van der Waals surface area contributed by atoms with E-state index in [9.17, 15) is 0 Å². The zero-order chi connectivity index (χ0) is 21.5. The summed E-state index contributed by atoms with van der Waals surface area (Å²) in [6.07, 6.45) is 4.57. The van der Waals surface area contributed by atoms with Crippen molar-refractivity contribution in [3.8, 4) is 11.3 Å². The number of carbonyl (C=O) groups is 1. The van der Waals surface area contributed by atoms with Crippen LogP contribution < -0.4 is 11.1 Å².